The first-order valence-corrected chi connectivity index (χ1v) is 24.0. The SMILES string of the molecule is Cc1ccc(NC2CNC2)cc1C(=O)N[C@H](C)c1ccc(C#CC2CCN(CCCCC(=O)N3CCC(c4ccc5c(c4)n(C)c(=O)n5C4CCC(=O)NC4=O)CC3)CC2F)c2ccccc12. The summed E-state index contributed by atoms with van der Waals surface area (Å²) in [6.07, 6.45) is 3.74. The number of likely N-dealkylation sites (tertiary alicyclic amines) is 2. The molecule has 5 aromatic rings. The second-order valence-electron chi connectivity index (χ2n) is 19.0. The van der Waals surface area contributed by atoms with Crippen LogP contribution in [-0.2, 0) is 21.4 Å². The van der Waals surface area contributed by atoms with Crippen molar-refractivity contribution in [1.82, 2.24) is 34.9 Å². The number of carbonyl (C=O) groups excluding carboxylic acids is 4. The summed E-state index contributed by atoms with van der Waals surface area (Å²) in [4.78, 5) is 68.4. The number of halogens is 1. The number of alkyl halides is 1. The van der Waals surface area contributed by atoms with Gasteiger partial charge in [-0.15, -0.1) is 0 Å². The smallest absolute Gasteiger partial charge is 0.329 e. The molecule has 0 saturated carbocycles. The van der Waals surface area contributed by atoms with E-state index in [1.54, 1.807) is 11.6 Å². The molecular weight excluding hydrogens is 848 g/mol. The van der Waals surface area contributed by atoms with Gasteiger partial charge in [0.1, 0.15) is 12.2 Å². The van der Waals surface area contributed by atoms with Gasteiger partial charge in [0.25, 0.3) is 5.91 Å². The van der Waals surface area contributed by atoms with Crippen LogP contribution in [0.25, 0.3) is 21.8 Å². The first kappa shape index (κ1) is 45.8. The van der Waals surface area contributed by atoms with Gasteiger partial charge in [0.2, 0.25) is 17.7 Å². The van der Waals surface area contributed by atoms with E-state index in [2.05, 4.69) is 44.1 Å². The predicted molar refractivity (Wildman–Crippen MR) is 259 cm³/mol. The average molecular weight is 909 g/mol. The lowest BCUT2D eigenvalue weighted by Crippen LogP contribution is -2.51. The molecule has 14 heteroatoms. The van der Waals surface area contributed by atoms with Gasteiger partial charge < -0.3 is 25.8 Å². The highest BCUT2D eigenvalue weighted by molar-refractivity contribution is 6.00. The Morgan fingerprint density at radius 3 is 2.43 bits per heavy atom. The van der Waals surface area contributed by atoms with Crippen molar-refractivity contribution in [2.24, 2.45) is 13.0 Å². The number of carbonyl (C=O) groups is 4. The number of piperidine rings is 3. The lowest BCUT2D eigenvalue weighted by Gasteiger charge is -2.33. The highest BCUT2D eigenvalue weighted by Crippen LogP contribution is 2.33. The maximum absolute atomic E-state index is 15.6. The van der Waals surface area contributed by atoms with Gasteiger partial charge in [-0.3, -0.25) is 33.6 Å². The number of nitrogens with zero attached hydrogens (tertiary/aromatic N) is 4. The second-order valence-corrected chi connectivity index (χ2v) is 19.0. The molecule has 4 aromatic carbocycles. The first-order chi connectivity index (χ1) is 32.4. The molecule has 9 rings (SSSR count). The lowest BCUT2D eigenvalue weighted by molar-refractivity contribution is -0.136. The number of amides is 4. The number of fused-ring (bicyclic) bond motifs is 2. The minimum Gasteiger partial charge on any atom is -0.380 e. The van der Waals surface area contributed by atoms with Crippen molar-refractivity contribution in [3.63, 3.8) is 0 Å². The fraction of sp³-hybridized carbons (Fsp3) is 0.453. The van der Waals surface area contributed by atoms with Crippen LogP contribution in [0, 0.1) is 24.7 Å². The molecule has 4 saturated heterocycles. The summed E-state index contributed by atoms with van der Waals surface area (Å²) in [6, 6.07) is 23.3. The van der Waals surface area contributed by atoms with Crippen LogP contribution in [0.15, 0.2) is 77.6 Å². The van der Waals surface area contributed by atoms with Gasteiger partial charge in [0.15, 0.2) is 0 Å². The molecule has 4 aliphatic rings. The van der Waals surface area contributed by atoms with E-state index >= 15 is 4.39 Å². The quantitative estimate of drug-likeness (QED) is 0.0654. The molecule has 0 aliphatic carbocycles. The van der Waals surface area contributed by atoms with Crippen molar-refractivity contribution in [1.29, 1.82) is 0 Å². The van der Waals surface area contributed by atoms with Crippen LogP contribution in [0.5, 0.6) is 0 Å². The number of rotatable bonds is 12. The third-order valence-corrected chi connectivity index (χ3v) is 14.5. The Bertz CT molecular complexity index is 2830. The molecule has 0 bridgehead atoms. The monoisotopic (exact) mass is 908 g/mol. The standard InChI is InChI=1S/C53H61FN8O5/c1-33-11-16-39(57-40-30-55-31-40)29-44(33)51(65)56-34(2)41-17-14-36(42-8-4-5-9-43(41)42)12-13-37-21-25-60(32-45(37)54)24-7-6-10-50(64)61-26-22-35(23-27-61)38-15-18-46-48(28-38)59(3)53(67)62(46)47-19-20-49(63)58-52(47)66/h4-5,8-9,11,14-18,28-29,34-35,37,40,45,47,55,57H,6-7,10,19-27,30-32H2,1-3H3,(H,56,65)(H,58,63,66)/t34-,37?,45?,47?/m1/s1. The molecule has 3 unspecified atom stereocenters. The highest BCUT2D eigenvalue weighted by atomic mass is 19.1. The van der Waals surface area contributed by atoms with Gasteiger partial charge in [0.05, 0.1) is 29.0 Å². The fourth-order valence-corrected chi connectivity index (χ4v) is 10.3. The minimum absolute atomic E-state index is 0.123. The Labute approximate surface area is 390 Å². The number of aryl methyl sites for hydroxylation is 2. The molecule has 4 N–H and O–H groups in total. The Morgan fingerprint density at radius 1 is 0.896 bits per heavy atom. The predicted octanol–water partition coefficient (Wildman–Crippen LogP) is 6.24. The van der Waals surface area contributed by atoms with Crippen LogP contribution in [0.2, 0.25) is 0 Å². The Kier molecular flexibility index (Phi) is 13.6. The Hall–Kier alpha value is -6.30. The molecule has 350 valence electrons. The molecule has 13 nitrogen and oxygen atoms in total. The van der Waals surface area contributed by atoms with E-state index in [4.69, 9.17) is 0 Å². The van der Waals surface area contributed by atoms with Gasteiger partial charge in [0, 0.05) is 69.4 Å². The molecule has 4 fully saturated rings. The highest BCUT2D eigenvalue weighted by Gasteiger charge is 2.32. The molecule has 0 spiro atoms. The molecule has 4 aliphatic heterocycles. The number of benzene rings is 4. The van der Waals surface area contributed by atoms with Crippen LogP contribution in [0.1, 0.15) is 109 Å². The summed E-state index contributed by atoms with van der Waals surface area (Å²) >= 11 is 0. The zero-order valence-corrected chi connectivity index (χ0v) is 38.7. The molecule has 4 atom stereocenters. The van der Waals surface area contributed by atoms with Crippen molar-refractivity contribution < 1.29 is 23.6 Å². The van der Waals surface area contributed by atoms with Crippen LogP contribution < -0.4 is 27.0 Å². The van der Waals surface area contributed by atoms with Gasteiger partial charge >= 0.3 is 5.69 Å². The number of nitrogens with one attached hydrogen (secondary N) is 4. The van der Waals surface area contributed by atoms with Gasteiger partial charge in [-0.1, -0.05) is 54.3 Å². The molecule has 4 amide bonds. The van der Waals surface area contributed by atoms with Crippen molar-refractivity contribution in [3.05, 3.63) is 111 Å². The summed E-state index contributed by atoms with van der Waals surface area (Å²) < 4.78 is 18.7. The van der Waals surface area contributed by atoms with Crippen LogP contribution >= 0.6 is 0 Å². The number of hydrogen-bond donors (Lipinski definition) is 4. The molecule has 67 heavy (non-hydrogen) atoms. The van der Waals surface area contributed by atoms with Crippen LogP contribution in [-0.4, -0.2) is 101 Å². The largest absolute Gasteiger partial charge is 0.380 e. The Balaban J connectivity index is 0.726. The number of imide groups is 1. The van der Waals surface area contributed by atoms with Crippen molar-refractivity contribution in [2.45, 2.75) is 95.4 Å². The summed E-state index contributed by atoms with van der Waals surface area (Å²) in [5.41, 5.74) is 6.58. The summed E-state index contributed by atoms with van der Waals surface area (Å²) in [7, 11) is 1.70. The third kappa shape index (κ3) is 9.90. The number of aromatic nitrogens is 2. The van der Waals surface area contributed by atoms with Crippen molar-refractivity contribution >= 4 is 51.1 Å². The zero-order chi connectivity index (χ0) is 46.8. The third-order valence-electron chi connectivity index (χ3n) is 14.5. The second kappa shape index (κ2) is 19.9. The zero-order valence-electron chi connectivity index (χ0n) is 38.7. The van der Waals surface area contributed by atoms with E-state index in [1.165, 1.54) is 4.57 Å². The van der Waals surface area contributed by atoms with Crippen molar-refractivity contribution in [2.75, 3.05) is 51.1 Å². The average Bonchev–Trinajstić information content (AvgIpc) is 3.56. The summed E-state index contributed by atoms with van der Waals surface area (Å²) in [5.74, 6) is 5.75. The number of hydrogen-bond acceptors (Lipinski definition) is 8. The number of unbranched alkanes of at least 4 members (excludes halogenated alkanes) is 1. The Morgan fingerprint density at radius 2 is 1.69 bits per heavy atom. The minimum atomic E-state index is -1.07. The van der Waals surface area contributed by atoms with Gasteiger partial charge in [-0.05, 0) is 129 Å². The van der Waals surface area contributed by atoms with Crippen LogP contribution in [0.4, 0.5) is 10.1 Å². The molecule has 0 radical (unpaired) electrons. The number of anilines is 1. The van der Waals surface area contributed by atoms with E-state index < -0.39 is 18.1 Å². The maximum Gasteiger partial charge on any atom is 0.329 e. The first-order valence-electron chi connectivity index (χ1n) is 24.0. The summed E-state index contributed by atoms with van der Waals surface area (Å²) in [6.45, 7) is 8.94. The van der Waals surface area contributed by atoms with Gasteiger partial charge in [-0.2, -0.15) is 0 Å². The van der Waals surface area contributed by atoms with E-state index in [1.807, 2.05) is 85.5 Å². The van der Waals surface area contributed by atoms with E-state index in [0.717, 1.165) is 96.1 Å². The fourth-order valence-electron chi connectivity index (χ4n) is 10.3. The molecule has 1 aromatic heterocycles. The normalized spacial score (nSPS) is 21.1. The van der Waals surface area contributed by atoms with E-state index in [-0.39, 0.29) is 47.7 Å². The van der Waals surface area contributed by atoms with Gasteiger partial charge in [-0.25, -0.2) is 9.18 Å². The topological polar surface area (TPSA) is 150 Å². The lowest BCUT2D eigenvalue weighted by atomic mass is 9.89. The molecular formula is C53H61FN8O5. The summed E-state index contributed by atoms with van der Waals surface area (Å²) in [5, 5.41) is 14.3. The van der Waals surface area contributed by atoms with E-state index in [0.29, 0.717) is 56.0 Å². The van der Waals surface area contributed by atoms with E-state index in [9.17, 15) is 24.0 Å². The van der Waals surface area contributed by atoms with Crippen molar-refractivity contribution in [3.8, 4) is 11.8 Å². The molecule has 5 heterocycles. The maximum atomic E-state index is 15.6. The van der Waals surface area contributed by atoms with Crippen LogP contribution in [0.3, 0.4) is 0 Å². The number of imidazole rings is 1.